The molecule has 6 nitrogen and oxygen atoms in total. The molecule has 0 spiro atoms. The molecule has 2 aromatic carbocycles. The second-order valence-electron chi connectivity index (χ2n) is 7.99. The lowest BCUT2D eigenvalue weighted by molar-refractivity contribution is -0.145. The van der Waals surface area contributed by atoms with E-state index in [1.54, 1.807) is 4.90 Å². The highest BCUT2D eigenvalue weighted by atomic mass is 16.4. The molecule has 2 atom stereocenters. The summed E-state index contributed by atoms with van der Waals surface area (Å²) in [6, 6.07) is 12.1. The van der Waals surface area contributed by atoms with Gasteiger partial charge in [0.15, 0.2) is 0 Å². The van der Waals surface area contributed by atoms with Gasteiger partial charge in [-0.15, -0.1) is 0 Å². The molecule has 0 radical (unpaired) electrons. The lowest BCUT2D eigenvalue weighted by atomic mass is 10.0. The Morgan fingerprint density at radius 2 is 1.80 bits per heavy atom. The molecule has 30 heavy (non-hydrogen) atoms. The minimum atomic E-state index is -1.08. The van der Waals surface area contributed by atoms with Crippen LogP contribution < -0.4 is 5.32 Å². The number of carbonyl (C=O) groups is 3. The van der Waals surface area contributed by atoms with E-state index in [9.17, 15) is 19.5 Å². The number of amides is 2. The molecule has 0 aromatic heterocycles. The third-order valence-electron chi connectivity index (χ3n) is 6.04. The van der Waals surface area contributed by atoms with E-state index in [1.165, 1.54) is 0 Å². The first-order chi connectivity index (χ1) is 14.4. The van der Waals surface area contributed by atoms with E-state index in [0.717, 1.165) is 35.6 Å². The molecule has 2 aromatic rings. The van der Waals surface area contributed by atoms with Crippen LogP contribution >= 0.6 is 0 Å². The number of hydrogen-bond donors (Lipinski definition) is 2. The van der Waals surface area contributed by atoms with Crippen LogP contribution in [0.2, 0.25) is 0 Å². The summed E-state index contributed by atoms with van der Waals surface area (Å²) in [5, 5.41) is 14.5. The van der Waals surface area contributed by atoms with Gasteiger partial charge in [-0.1, -0.05) is 56.3 Å². The Labute approximate surface area is 177 Å². The molecule has 0 saturated carbocycles. The average Bonchev–Trinajstić information content (AvgIpc) is 3.24. The minimum absolute atomic E-state index is 0.000876. The normalized spacial score (nSPS) is 17.3. The zero-order valence-electron chi connectivity index (χ0n) is 17.6. The lowest BCUT2D eigenvalue weighted by Crippen LogP contribution is -2.52. The van der Waals surface area contributed by atoms with Gasteiger partial charge < -0.3 is 15.3 Å². The van der Waals surface area contributed by atoms with Crippen LogP contribution in [0.1, 0.15) is 45.1 Å². The van der Waals surface area contributed by atoms with E-state index in [0.29, 0.717) is 13.0 Å². The van der Waals surface area contributed by atoms with Crippen molar-refractivity contribution < 1.29 is 19.5 Å². The number of carboxylic acids is 1. The predicted molar refractivity (Wildman–Crippen MR) is 116 cm³/mol. The third kappa shape index (κ3) is 4.81. The van der Waals surface area contributed by atoms with Crippen molar-refractivity contribution >= 4 is 28.6 Å². The summed E-state index contributed by atoms with van der Waals surface area (Å²) in [5.41, 5.74) is 0.845. The fourth-order valence-corrected chi connectivity index (χ4v) is 4.24. The van der Waals surface area contributed by atoms with E-state index in [4.69, 9.17) is 0 Å². The van der Waals surface area contributed by atoms with Gasteiger partial charge in [-0.2, -0.15) is 0 Å². The number of likely N-dealkylation sites (tertiary alicyclic amines) is 1. The number of carbonyl (C=O) groups excluding carboxylic acids is 2. The molecule has 3 rings (SSSR count). The maximum absolute atomic E-state index is 12.9. The molecular formula is C24H30N2O4. The molecular weight excluding hydrogens is 380 g/mol. The maximum atomic E-state index is 12.9. The first kappa shape index (κ1) is 21.8. The van der Waals surface area contributed by atoms with Gasteiger partial charge in [0, 0.05) is 18.9 Å². The fraction of sp³-hybridized carbons (Fsp3) is 0.458. The van der Waals surface area contributed by atoms with Gasteiger partial charge in [0.2, 0.25) is 11.8 Å². The minimum Gasteiger partial charge on any atom is -0.480 e. The van der Waals surface area contributed by atoms with Crippen molar-refractivity contribution in [3.63, 3.8) is 0 Å². The topological polar surface area (TPSA) is 86.7 Å². The van der Waals surface area contributed by atoms with Crippen molar-refractivity contribution in [3.8, 4) is 0 Å². The number of carboxylic acid groups (broad SMARTS) is 1. The molecule has 2 amide bonds. The molecule has 0 aliphatic carbocycles. The lowest BCUT2D eigenvalue weighted by Gasteiger charge is -2.28. The third-order valence-corrected chi connectivity index (χ3v) is 6.04. The maximum Gasteiger partial charge on any atom is 0.326 e. The summed E-state index contributed by atoms with van der Waals surface area (Å²) in [4.78, 5) is 39.2. The molecule has 0 bridgehead atoms. The van der Waals surface area contributed by atoms with E-state index in [2.05, 4.69) is 5.32 Å². The standard InChI is InChI=1S/C24H30N2O4/c1-3-17(4-2)23(28)26-13-7-10-21(26)22(27)25-20(24(29)30)15-16-11-12-18-8-5-6-9-19(18)14-16/h5-6,8-9,11-12,14,17,20-21H,3-4,7,10,13,15H2,1-2H3,(H,25,27)(H,29,30)/t20-,21+/m1/s1. The van der Waals surface area contributed by atoms with Crippen molar-refractivity contribution in [2.75, 3.05) is 6.54 Å². The summed E-state index contributed by atoms with van der Waals surface area (Å²) in [7, 11) is 0. The summed E-state index contributed by atoms with van der Waals surface area (Å²) in [6.07, 6.45) is 2.99. The first-order valence-electron chi connectivity index (χ1n) is 10.8. The second-order valence-corrected chi connectivity index (χ2v) is 7.99. The summed E-state index contributed by atoms with van der Waals surface area (Å²) in [6.45, 7) is 4.50. The SMILES string of the molecule is CCC(CC)C(=O)N1CCC[C@H]1C(=O)N[C@H](Cc1ccc2ccccc2c1)C(=O)O. The quantitative estimate of drug-likeness (QED) is 0.698. The van der Waals surface area contributed by atoms with Gasteiger partial charge in [-0.3, -0.25) is 9.59 Å². The Hall–Kier alpha value is -2.89. The van der Waals surface area contributed by atoms with E-state index in [-0.39, 0.29) is 24.2 Å². The monoisotopic (exact) mass is 410 g/mol. The van der Waals surface area contributed by atoms with Gasteiger partial charge in [-0.25, -0.2) is 4.79 Å². The average molecular weight is 411 g/mol. The van der Waals surface area contributed by atoms with E-state index < -0.39 is 18.1 Å². The van der Waals surface area contributed by atoms with Crippen LogP contribution in [-0.4, -0.2) is 46.4 Å². The van der Waals surface area contributed by atoms with E-state index >= 15 is 0 Å². The highest BCUT2D eigenvalue weighted by Gasteiger charge is 2.37. The van der Waals surface area contributed by atoms with Crippen LogP contribution in [0.3, 0.4) is 0 Å². The van der Waals surface area contributed by atoms with Crippen molar-refractivity contribution in [2.24, 2.45) is 5.92 Å². The Morgan fingerprint density at radius 3 is 2.47 bits per heavy atom. The Bertz CT molecular complexity index is 922. The Balaban J connectivity index is 1.71. The zero-order chi connectivity index (χ0) is 21.7. The van der Waals surface area contributed by atoms with Gasteiger partial charge >= 0.3 is 5.97 Å². The van der Waals surface area contributed by atoms with Gasteiger partial charge in [-0.05, 0) is 42.0 Å². The molecule has 1 aliphatic rings. The van der Waals surface area contributed by atoms with Crippen LogP contribution in [0, 0.1) is 5.92 Å². The molecule has 1 fully saturated rings. The number of nitrogens with one attached hydrogen (secondary N) is 1. The molecule has 1 aliphatic heterocycles. The van der Waals surface area contributed by atoms with Crippen LogP contribution in [-0.2, 0) is 20.8 Å². The number of aliphatic carboxylic acids is 1. The fourth-order valence-electron chi connectivity index (χ4n) is 4.24. The molecule has 2 N–H and O–H groups in total. The molecule has 6 heteroatoms. The Morgan fingerprint density at radius 1 is 1.10 bits per heavy atom. The van der Waals surface area contributed by atoms with Gasteiger partial charge in [0.25, 0.3) is 0 Å². The highest BCUT2D eigenvalue weighted by molar-refractivity contribution is 5.91. The zero-order valence-corrected chi connectivity index (χ0v) is 17.6. The summed E-state index contributed by atoms with van der Waals surface area (Å²) < 4.78 is 0. The highest BCUT2D eigenvalue weighted by Crippen LogP contribution is 2.23. The predicted octanol–water partition coefficient (Wildman–Crippen LogP) is 3.38. The van der Waals surface area contributed by atoms with Crippen molar-refractivity contribution in [1.29, 1.82) is 0 Å². The first-order valence-corrected chi connectivity index (χ1v) is 10.8. The van der Waals surface area contributed by atoms with Crippen LogP contribution in [0.5, 0.6) is 0 Å². The van der Waals surface area contributed by atoms with Gasteiger partial charge in [0.1, 0.15) is 12.1 Å². The van der Waals surface area contributed by atoms with Crippen LogP contribution in [0.4, 0.5) is 0 Å². The van der Waals surface area contributed by atoms with Crippen molar-refractivity contribution in [3.05, 3.63) is 48.0 Å². The van der Waals surface area contributed by atoms with Crippen LogP contribution in [0.25, 0.3) is 10.8 Å². The smallest absolute Gasteiger partial charge is 0.326 e. The number of nitrogens with zero attached hydrogens (tertiary/aromatic N) is 1. The van der Waals surface area contributed by atoms with Gasteiger partial charge in [0.05, 0.1) is 0 Å². The Kier molecular flexibility index (Phi) is 7.08. The molecule has 1 saturated heterocycles. The molecule has 1 heterocycles. The number of hydrogen-bond acceptors (Lipinski definition) is 3. The number of benzene rings is 2. The molecule has 0 unspecified atom stereocenters. The summed E-state index contributed by atoms with van der Waals surface area (Å²) in [5.74, 6) is -1.54. The van der Waals surface area contributed by atoms with Crippen molar-refractivity contribution in [2.45, 2.75) is 58.0 Å². The van der Waals surface area contributed by atoms with Crippen LogP contribution in [0.15, 0.2) is 42.5 Å². The molecule has 160 valence electrons. The number of fused-ring (bicyclic) bond motifs is 1. The van der Waals surface area contributed by atoms with E-state index in [1.807, 2.05) is 56.3 Å². The number of rotatable bonds is 8. The second kappa shape index (κ2) is 9.74. The van der Waals surface area contributed by atoms with Crippen molar-refractivity contribution in [1.82, 2.24) is 10.2 Å². The summed E-state index contributed by atoms with van der Waals surface area (Å²) >= 11 is 0. The largest absolute Gasteiger partial charge is 0.480 e.